The number of nitrogens with two attached hydrogens (primary N) is 1. The van der Waals surface area contributed by atoms with E-state index in [-0.39, 0.29) is 11.2 Å². The summed E-state index contributed by atoms with van der Waals surface area (Å²) in [6, 6.07) is 7.29. The molecule has 1 aromatic rings. The van der Waals surface area contributed by atoms with E-state index in [1.54, 1.807) is 12.1 Å². The van der Waals surface area contributed by atoms with Gasteiger partial charge in [0.1, 0.15) is 0 Å². The van der Waals surface area contributed by atoms with Gasteiger partial charge in [-0.05, 0) is 47.9 Å². The van der Waals surface area contributed by atoms with Crippen molar-refractivity contribution in [3.8, 4) is 6.07 Å². The summed E-state index contributed by atoms with van der Waals surface area (Å²) < 4.78 is 23.1. The van der Waals surface area contributed by atoms with Crippen LogP contribution in [0.5, 0.6) is 0 Å². The highest BCUT2D eigenvalue weighted by atomic mass is 32.2. The number of rotatable bonds is 3. The van der Waals surface area contributed by atoms with Gasteiger partial charge in [-0.25, -0.2) is 13.6 Å². The van der Waals surface area contributed by atoms with Crippen molar-refractivity contribution in [3.63, 3.8) is 0 Å². The normalized spacial score (nSPS) is 19.4. The smallest absolute Gasteiger partial charge is 0.213 e. The minimum absolute atomic E-state index is 0.214. The summed E-state index contributed by atoms with van der Waals surface area (Å²) in [5.74, 6) is 0.309. The molecule has 0 unspecified atom stereocenters. The van der Waals surface area contributed by atoms with E-state index >= 15 is 0 Å². The van der Waals surface area contributed by atoms with Gasteiger partial charge in [-0.15, -0.1) is 0 Å². The van der Waals surface area contributed by atoms with Crippen molar-refractivity contribution in [2.75, 3.05) is 18.0 Å². The molecule has 2 rings (SSSR count). The molecule has 0 amide bonds. The Hall–Kier alpha value is -1.58. The molecule has 1 aliphatic heterocycles. The van der Waals surface area contributed by atoms with Crippen LogP contribution < -0.4 is 10.0 Å². The Kier molecular flexibility index (Phi) is 5.02. The Morgan fingerprint density at radius 3 is 2.65 bits per heavy atom. The maximum absolute atomic E-state index is 11.5. The standard InChI is InChI=1S/C17H25N3O2S/c1-17(2,3)15-5-4-8-20(11-15)16-7-6-13(10-18)9-14(16)12-23(19,21)22/h6-7,9,15H,4-5,8,11-12H2,1-3H3,(H2,19,21,22)/t15-/m1/s1. The maximum atomic E-state index is 11.5. The second-order valence-corrected chi connectivity index (χ2v) is 9.03. The van der Waals surface area contributed by atoms with Crippen LogP contribution in [0.4, 0.5) is 5.69 Å². The molecule has 1 aromatic carbocycles. The van der Waals surface area contributed by atoms with Crippen molar-refractivity contribution in [2.45, 2.75) is 39.4 Å². The lowest BCUT2D eigenvalue weighted by Crippen LogP contribution is -2.41. The van der Waals surface area contributed by atoms with Crippen LogP contribution in [0.2, 0.25) is 0 Å². The van der Waals surface area contributed by atoms with E-state index in [1.807, 2.05) is 6.07 Å². The van der Waals surface area contributed by atoms with E-state index in [4.69, 9.17) is 10.4 Å². The lowest BCUT2D eigenvalue weighted by atomic mass is 9.76. The zero-order valence-corrected chi connectivity index (χ0v) is 14.9. The van der Waals surface area contributed by atoms with E-state index in [0.29, 0.717) is 17.0 Å². The summed E-state index contributed by atoms with van der Waals surface area (Å²) in [6.45, 7) is 8.52. The van der Waals surface area contributed by atoms with Gasteiger partial charge in [-0.1, -0.05) is 20.8 Å². The van der Waals surface area contributed by atoms with Gasteiger partial charge in [0.15, 0.2) is 0 Å². The number of piperidine rings is 1. The highest BCUT2D eigenvalue weighted by molar-refractivity contribution is 7.88. The number of nitrogens with zero attached hydrogens (tertiary/aromatic N) is 2. The molecule has 0 saturated carbocycles. The van der Waals surface area contributed by atoms with Gasteiger partial charge in [0, 0.05) is 18.8 Å². The fourth-order valence-corrected chi connectivity index (χ4v) is 3.86. The molecule has 2 N–H and O–H groups in total. The molecular formula is C17H25N3O2S. The van der Waals surface area contributed by atoms with Crippen LogP contribution in [-0.2, 0) is 15.8 Å². The quantitative estimate of drug-likeness (QED) is 0.920. The summed E-state index contributed by atoms with van der Waals surface area (Å²) in [5.41, 5.74) is 2.16. The van der Waals surface area contributed by atoms with Crippen molar-refractivity contribution in [2.24, 2.45) is 16.5 Å². The van der Waals surface area contributed by atoms with Gasteiger partial charge in [0.05, 0.1) is 17.4 Å². The van der Waals surface area contributed by atoms with Crippen LogP contribution in [0, 0.1) is 22.7 Å². The second-order valence-electron chi connectivity index (χ2n) is 7.41. The number of anilines is 1. The van der Waals surface area contributed by atoms with E-state index in [1.165, 1.54) is 6.42 Å². The monoisotopic (exact) mass is 335 g/mol. The number of hydrogen-bond donors (Lipinski definition) is 1. The van der Waals surface area contributed by atoms with Crippen LogP contribution >= 0.6 is 0 Å². The van der Waals surface area contributed by atoms with Gasteiger partial charge < -0.3 is 4.90 Å². The molecule has 23 heavy (non-hydrogen) atoms. The Morgan fingerprint density at radius 2 is 2.09 bits per heavy atom. The number of primary sulfonamides is 1. The minimum atomic E-state index is -3.64. The highest BCUT2D eigenvalue weighted by Crippen LogP contribution is 2.36. The van der Waals surface area contributed by atoms with Gasteiger partial charge >= 0.3 is 0 Å². The van der Waals surface area contributed by atoms with E-state index in [2.05, 4.69) is 31.7 Å². The largest absolute Gasteiger partial charge is 0.371 e. The Labute approximate surface area is 139 Å². The summed E-state index contributed by atoms with van der Waals surface area (Å²) in [5, 5.41) is 14.3. The lowest BCUT2D eigenvalue weighted by Gasteiger charge is -2.41. The highest BCUT2D eigenvalue weighted by Gasteiger charge is 2.30. The first kappa shape index (κ1) is 17.8. The van der Waals surface area contributed by atoms with E-state index < -0.39 is 10.0 Å². The molecule has 6 heteroatoms. The van der Waals surface area contributed by atoms with Crippen molar-refractivity contribution in [3.05, 3.63) is 29.3 Å². The first-order chi connectivity index (χ1) is 10.6. The average molecular weight is 335 g/mol. The zero-order chi connectivity index (χ0) is 17.3. The topological polar surface area (TPSA) is 87.2 Å². The Balaban J connectivity index is 2.36. The van der Waals surface area contributed by atoms with Crippen LogP contribution in [0.3, 0.4) is 0 Å². The third-order valence-electron chi connectivity index (χ3n) is 4.55. The molecule has 1 fully saturated rings. The predicted octanol–water partition coefficient (Wildman–Crippen LogP) is 2.61. The van der Waals surface area contributed by atoms with Crippen LogP contribution in [0.15, 0.2) is 18.2 Å². The average Bonchev–Trinajstić information content (AvgIpc) is 2.44. The van der Waals surface area contributed by atoms with Crippen molar-refractivity contribution in [1.82, 2.24) is 0 Å². The van der Waals surface area contributed by atoms with Gasteiger partial charge in [-0.2, -0.15) is 5.26 Å². The molecule has 1 atom stereocenters. The summed E-state index contributed by atoms with van der Waals surface area (Å²) in [4.78, 5) is 2.24. The number of hydrogen-bond acceptors (Lipinski definition) is 4. The molecule has 0 spiro atoms. The summed E-state index contributed by atoms with van der Waals surface area (Å²) in [6.07, 6.45) is 2.26. The molecule has 1 saturated heterocycles. The fourth-order valence-electron chi connectivity index (χ4n) is 3.20. The van der Waals surface area contributed by atoms with Crippen LogP contribution in [-0.4, -0.2) is 21.5 Å². The third-order valence-corrected chi connectivity index (χ3v) is 5.27. The number of benzene rings is 1. The van der Waals surface area contributed by atoms with Gasteiger partial charge in [0.2, 0.25) is 10.0 Å². The van der Waals surface area contributed by atoms with Gasteiger partial charge in [0.25, 0.3) is 0 Å². The number of sulfonamides is 1. The molecule has 0 aliphatic carbocycles. The van der Waals surface area contributed by atoms with Crippen LogP contribution in [0.1, 0.15) is 44.7 Å². The third kappa shape index (κ3) is 4.69. The second kappa shape index (κ2) is 6.50. The predicted molar refractivity (Wildman–Crippen MR) is 92.4 cm³/mol. The fraction of sp³-hybridized carbons (Fsp3) is 0.588. The Bertz CT molecular complexity index is 714. The summed E-state index contributed by atoms with van der Waals surface area (Å²) in [7, 11) is -3.64. The van der Waals surface area contributed by atoms with Crippen molar-refractivity contribution < 1.29 is 8.42 Å². The molecule has 1 aliphatic rings. The van der Waals surface area contributed by atoms with E-state index in [0.717, 1.165) is 25.2 Å². The van der Waals surface area contributed by atoms with E-state index in [9.17, 15) is 8.42 Å². The maximum Gasteiger partial charge on any atom is 0.213 e. The first-order valence-electron chi connectivity index (χ1n) is 7.88. The molecule has 126 valence electrons. The Morgan fingerprint density at radius 1 is 1.39 bits per heavy atom. The molecule has 0 aromatic heterocycles. The molecule has 0 bridgehead atoms. The zero-order valence-electron chi connectivity index (χ0n) is 14.0. The first-order valence-corrected chi connectivity index (χ1v) is 9.60. The minimum Gasteiger partial charge on any atom is -0.371 e. The molecule has 1 heterocycles. The van der Waals surface area contributed by atoms with Crippen molar-refractivity contribution >= 4 is 15.7 Å². The lowest BCUT2D eigenvalue weighted by molar-refractivity contribution is 0.208. The molecule has 0 radical (unpaired) electrons. The van der Waals surface area contributed by atoms with Gasteiger partial charge in [-0.3, -0.25) is 0 Å². The van der Waals surface area contributed by atoms with Crippen LogP contribution in [0.25, 0.3) is 0 Å². The van der Waals surface area contributed by atoms with Crippen molar-refractivity contribution in [1.29, 1.82) is 5.26 Å². The number of nitriles is 1. The molecular weight excluding hydrogens is 310 g/mol. The SMILES string of the molecule is CC(C)(C)[C@@H]1CCCN(c2ccc(C#N)cc2CS(N)(=O)=O)C1. The summed E-state index contributed by atoms with van der Waals surface area (Å²) >= 11 is 0. The molecule has 5 nitrogen and oxygen atoms in total.